The molecule has 0 radical (unpaired) electrons. The van der Waals surface area contributed by atoms with Gasteiger partial charge in [0.25, 0.3) is 5.91 Å². The molecule has 2 atom stereocenters. The number of amides is 1. The highest BCUT2D eigenvalue weighted by Gasteiger charge is 2.30. The largest absolute Gasteiger partial charge is 0.334 e. The lowest BCUT2D eigenvalue weighted by atomic mass is 10.1. The zero-order valence-electron chi connectivity index (χ0n) is 11.5. The van der Waals surface area contributed by atoms with Gasteiger partial charge in [0.2, 0.25) is 0 Å². The molecule has 2 unspecified atom stereocenters. The van der Waals surface area contributed by atoms with Gasteiger partial charge in [0.15, 0.2) is 0 Å². The topological polar surface area (TPSA) is 60.2 Å². The van der Waals surface area contributed by atoms with Crippen molar-refractivity contribution in [2.45, 2.75) is 25.9 Å². The average Bonchev–Trinajstić information content (AvgIpc) is 2.43. The lowest BCUT2D eigenvalue weighted by molar-refractivity contribution is 0.0409. The third-order valence-electron chi connectivity index (χ3n) is 3.76. The highest BCUT2D eigenvalue weighted by atomic mass is 16.2. The van der Waals surface area contributed by atoms with Gasteiger partial charge in [-0.1, -0.05) is 0 Å². The molecule has 19 heavy (non-hydrogen) atoms. The second kappa shape index (κ2) is 5.37. The van der Waals surface area contributed by atoms with Gasteiger partial charge in [-0.15, -0.1) is 0 Å². The summed E-state index contributed by atoms with van der Waals surface area (Å²) in [5.74, 6) is -0.0590. The molecule has 1 aromatic rings. The van der Waals surface area contributed by atoms with E-state index in [0.717, 1.165) is 0 Å². The number of carbonyl (C=O) groups excluding carboxylic acids is 1. The number of likely N-dealkylation sites (N-methyl/N-ethyl adjacent to an activating group) is 1. The smallest absolute Gasteiger partial charge is 0.272 e. The fourth-order valence-electron chi connectivity index (χ4n) is 2.32. The Morgan fingerprint density at radius 1 is 1.37 bits per heavy atom. The van der Waals surface area contributed by atoms with Gasteiger partial charge in [-0.3, -0.25) is 9.69 Å². The van der Waals surface area contributed by atoms with Crippen molar-refractivity contribution >= 4 is 5.91 Å². The second-order valence-electron chi connectivity index (χ2n) is 5.12. The Morgan fingerprint density at radius 3 is 2.47 bits per heavy atom. The predicted octanol–water partition coefficient (Wildman–Crippen LogP) is 1.12. The molecular weight excluding hydrogens is 240 g/mol. The minimum Gasteiger partial charge on any atom is -0.334 e. The highest BCUT2D eigenvalue weighted by Crippen LogP contribution is 2.15. The van der Waals surface area contributed by atoms with Crippen LogP contribution in [0.5, 0.6) is 0 Å². The van der Waals surface area contributed by atoms with Crippen molar-refractivity contribution in [2.75, 3.05) is 20.1 Å². The second-order valence-corrected chi connectivity index (χ2v) is 5.12. The first-order valence-electron chi connectivity index (χ1n) is 6.40. The number of carbonyl (C=O) groups is 1. The summed E-state index contributed by atoms with van der Waals surface area (Å²) in [5.41, 5.74) is 0.875. The first kappa shape index (κ1) is 13.5. The summed E-state index contributed by atoms with van der Waals surface area (Å²) < 4.78 is 0. The molecule has 5 heteroatoms. The van der Waals surface area contributed by atoms with Gasteiger partial charge in [0.05, 0.1) is 5.56 Å². The average molecular weight is 258 g/mol. The molecule has 5 nitrogen and oxygen atoms in total. The maximum atomic E-state index is 12.4. The zero-order chi connectivity index (χ0) is 14.0. The Morgan fingerprint density at radius 2 is 2.00 bits per heavy atom. The lowest BCUT2D eigenvalue weighted by Gasteiger charge is -2.42. The highest BCUT2D eigenvalue weighted by molar-refractivity contribution is 5.92. The molecule has 0 saturated carbocycles. The Bertz CT molecular complexity index is 493. The van der Waals surface area contributed by atoms with Crippen molar-refractivity contribution in [3.63, 3.8) is 0 Å². The Hall–Kier alpha value is -1.93. The van der Waals surface area contributed by atoms with Gasteiger partial charge in [0.1, 0.15) is 11.8 Å². The predicted molar refractivity (Wildman–Crippen MR) is 71.5 cm³/mol. The fourth-order valence-corrected chi connectivity index (χ4v) is 2.32. The van der Waals surface area contributed by atoms with Crippen LogP contribution in [0.4, 0.5) is 0 Å². The van der Waals surface area contributed by atoms with Crippen LogP contribution in [0.15, 0.2) is 18.3 Å². The molecule has 0 bridgehead atoms. The minimum atomic E-state index is -0.0590. The quantitative estimate of drug-likeness (QED) is 0.757. The maximum Gasteiger partial charge on any atom is 0.272 e. The normalized spacial score (nSPS) is 24.0. The van der Waals surface area contributed by atoms with E-state index in [0.29, 0.717) is 36.4 Å². The molecule has 0 aliphatic carbocycles. The number of nitriles is 1. The molecule has 2 heterocycles. The van der Waals surface area contributed by atoms with Crippen LogP contribution in [0.25, 0.3) is 0 Å². The van der Waals surface area contributed by atoms with Crippen molar-refractivity contribution in [3.05, 3.63) is 29.6 Å². The van der Waals surface area contributed by atoms with Crippen LogP contribution in [0.3, 0.4) is 0 Å². The van der Waals surface area contributed by atoms with E-state index in [1.165, 1.54) is 6.20 Å². The standard InChI is InChI=1S/C14H18N4O/c1-10-8-18(9-11(2)17(10)3)14(19)13-5-4-12(6-15)7-16-13/h4-5,7,10-11H,8-9H2,1-3H3. The van der Waals surface area contributed by atoms with E-state index in [-0.39, 0.29) is 5.91 Å². The summed E-state index contributed by atoms with van der Waals surface area (Å²) >= 11 is 0. The SMILES string of the molecule is CC1CN(C(=O)c2ccc(C#N)cn2)CC(C)N1C. The van der Waals surface area contributed by atoms with Crippen molar-refractivity contribution < 1.29 is 4.79 Å². The van der Waals surface area contributed by atoms with Gasteiger partial charge in [-0.25, -0.2) is 4.98 Å². The van der Waals surface area contributed by atoms with Crippen LogP contribution in [-0.4, -0.2) is 52.9 Å². The van der Waals surface area contributed by atoms with Crippen molar-refractivity contribution in [3.8, 4) is 6.07 Å². The van der Waals surface area contributed by atoms with Crippen LogP contribution in [0.2, 0.25) is 0 Å². The molecule has 1 aliphatic rings. The number of hydrogen-bond acceptors (Lipinski definition) is 4. The van der Waals surface area contributed by atoms with Crippen LogP contribution < -0.4 is 0 Å². The van der Waals surface area contributed by atoms with Crippen molar-refractivity contribution in [2.24, 2.45) is 0 Å². The molecule has 1 aromatic heterocycles. The summed E-state index contributed by atoms with van der Waals surface area (Å²) in [7, 11) is 2.08. The number of piperazine rings is 1. The number of rotatable bonds is 1. The van der Waals surface area contributed by atoms with Gasteiger partial charge in [-0.2, -0.15) is 5.26 Å². The van der Waals surface area contributed by atoms with Gasteiger partial charge >= 0.3 is 0 Å². The Labute approximate surface area is 113 Å². The Kier molecular flexibility index (Phi) is 3.82. The van der Waals surface area contributed by atoms with Crippen molar-refractivity contribution in [1.82, 2.24) is 14.8 Å². The molecule has 1 fully saturated rings. The molecule has 1 saturated heterocycles. The van der Waals surface area contributed by atoms with Crippen LogP contribution >= 0.6 is 0 Å². The van der Waals surface area contributed by atoms with Gasteiger partial charge in [-0.05, 0) is 33.0 Å². The number of hydrogen-bond donors (Lipinski definition) is 0. The third kappa shape index (κ3) is 2.74. The molecule has 0 spiro atoms. The number of nitrogens with zero attached hydrogens (tertiary/aromatic N) is 4. The van der Waals surface area contributed by atoms with E-state index in [1.54, 1.807) is 12.1 Å². The monoisotopic (exact) mass is 258 g/mol. The molecular formula is C14H18N4O. The summed E-state index contributed by atoms with van der Waals surface area (Å²) in [6, 6.07) is 5.92. The van der Waals surface area contributed by atoms with Gasteiger partial charge in [0, 0.05) is 31.4 Å². The first-order chi connectivity index (χ1) is 9.02. The van der Waals surface area contributed by atoms with Crippen molar-refractivity contribution in [1.29, 1.82) is 5.26 Å². The summed E-state index contributed by atoms with van der Waals surface area (Å²) in [4.78, 5) is 20.5. The van der Waals surface area contributed by atoms with Crippen LogP contribution in [0.1, 0.15) is 29.9 Å². The number of aromatic nitrogens is 1. The summed E-state index contributed by atoms with van der Waals surface area (Å²) in [6.45, 7) is 5.65. The van der Waals surface area contributed by atoms with E-state index in [9.17, 15) is 4.79 Å². The van der Waals surface area contributed by atoms with E-state index in [2.05, 4.69) is 30.8 Å². The molecule has 1 aliphatic heterocycles. The van der Waals surface area contributed by atoms with Crippen LogP contribution in [0, 0.1) is 11.3 Å². The van der Waals surface area contributed by atoms with E-state index in [4.69, 9.17) is 5.26 Å². The summed E-state index contributed by atoms with van der Waals surface area (Å²) in [6.07, 6.45) is 1.44. The van der Waals surface area contributed by atoms with E-state index >= 15 is 0 Å². The molecule has 0 aromatic carbocycles. The van der Waals surface area contributed by atoms with E-state index in [1.807, 2.05) is 11.0 Å². The lowest BCUT2D eigenvalue weighted by Crippen LogP contribution is -2.56. The summed E-state index contributed by atoms with van der Waals surface area (Å²) in [5, 5.41) is 8.72. The molecule has 100 valence electrons. The zero-order valence-corrected chi connectivity index (χ0v) is 11.5. The molecule has 1 amide bonds. The minimum absolute atomic E-state index is 0.0590. The first-order valence-corrected chi connectivity index (χ1v) is 6.40. The molecule has 0 N–H and O–H groups in total. The fraction of sp³-hybridized carbons (Fsp3) is 0.500. The van der Waals surface area contributed by atoms with Gasteiger partial charge < -0.3 is 4.90 Å². The van der Waals surface area contributed by atoms with Crippen LogP contribution in [-0.2, 0) is 0 Å². The maximum absolute atomic E-state index is 12.4. The third-order valence-corrected chi connectivity index (χ3v) is 3.76. The Balaban J connectivity index is 2.13. The molecule has 2 rings (SSSR count). The number of pyridine rings is 1. The van der Waals surface area contributed by atoms with E-state index < -0.39 is 0 Å².